The Kier molecular flexibility index (Phi) is 4.65. The Hall–Kier alpha value is -1.85. The Balaban J connectivity index is 2.04. The van der Waals surface area contributed by atoms with Crippen LogP contribution >= 0.6 is 0 Å². The summed E-state index contributed by atoms with van der Waals surface area (Å²) in [5, 5.41) is 2.92. The van der Waals surface area contributed by atoms with Crippen molar-refractivity contribution in [2.45, 2.75) is 58.2 Å². The van der Waals surface area contributed by atoms with Crippen molar-refractivity contribution in [2.75, 3.05) is 6.54 Å². The zero-order chi connectivity index (χ0) is 15.5. The first-order chi connectivity index (χ1) is 10.0. The maximum atomic E-state index is 12.7. The molecule has 6 nitrogen and oxygen atoms in total. The van der Waals surface area contributed by atoms with Crippen molar-refractivity contribution in [2.24, 2.45) is 0 Å². The summed E-state index contributed by atoms with van der Waals surface area (Å²) in [5.41, 5.74) is -0.724. The molecule has 0 aliphatic carbocycles. The van der Waals surface area contributed by atoms with Gasteiger partial charge in [-0.25, -0.2) is 4.98 Å². The van der Waals surface area contributed by atoms with E-state index in [4.69, 9.17) is 0 Å². The third-order valence-corrected chi connectivity index (χ3v) is 4.46. The van der Waals surface area contributed by atoms with E-state index in [0.717, 1.165) is 13.0 Å². The minimum absolute atomic E-state index is 0.0465. The Morgan fingerprint density at radius 1 is 1.29 bits per heavy atom. The minimum atomic E-state index is -0.724. The highest BCUT2D eigenvalue weighted by atomic mass is 16.2. The lowest BCUT2D eigenvalue weighted by Crippen LogP contribution is -2.69. The zero-order valence-corrected chi connectivity index (χ0v) is 13.0. The number of amides is 2. The third-order valence-electron chi connectivity index (χ3n) is 4.46. The molecule has 0 saturated carbocycles. The van der Waals surface area contributed by atoms with E-state index >= 15 is 0 Å². The number of piperazine rings is 1. The van der Waals surface area contributed by atoms with Gasteiger partial charge in [-0.1, -0.05) is 13.8 Å². The van der Waals surface area contributed by atoms with Gasteiger partial charge < -0.3 is 14.8 Å². The van der Waals surface area contributed by atoms with Gasteiger partial charge in [0.25, 0.3) is 0 Å². The fourth-order valence-electron chi connectivity index (χ4n) is 2.85. The molecule has 21 heavy (non-hydrogen) atoms. The van der Waals surface area contributed by atoms with Crippen molar-refractivity contribution >= 4 is 11.8 Å². The van der Waals surface area contributed by atoms with E-state index in [9.17, 15) is 9.59 Å². The maximum absolute atomic E-state index is 12.7. The summed E-state index contributed by atoms with van der Waals surface area (Å²) >= 11 is 0. The monoisotopic (exact) mass is 292 g/mol. The minimum Gasteiger partial charge on any atom is -0.340 e. The summed E-state index contributed by atoms with van der Waals surface area (Å²) in [5.74, 6) is -0.00818. The molecule has 2 amide bonds. The molecular formula is C15H24N4O2. The highest BCUT2D eigenvalue weighted by Crippen LogP contribution is 2.25. The molecule has 2 rings (SSSR count). The van der Waals surface area contributed by atoms with Crippen molar-refractivity contribution in [3.8, 4) is 0 Å². The van der Waals surface area contributed by atoms with Crippen LogP contribution in [0.2, 0.25) is 0 Å². The van der Waals surface area contributed by atoms with Gasteiger partial charge in [-0.15, -0.1) is 0 Å². The van der Waals surface area contributed by atoms with Gasteiger partial charge >= 0.3 is 0 Å². The average molecular weight is 292 g/mol. The SMILES string of the molecule is CCC1(CC)NC(=O)C(C)N(CCCn2ccnc2)C1=O. The molecule has 1 aliphatic rings. The van der Waals surface area contributed by atoms with Crippen molar-refractivity contribution in [1.29, 1.82) is 0 Å². The summed E-state index contributed by atoms with van der Waals surface area (Å²) in [6.07, 6.45) is 7.45. The predicted molar refractivity (Wildman–Crippen MR) is 79.5 cm³/mol. The van der Waals surface area contributed by atoms with Crippen molar-refractivity contribution in [3.63, 3.8) is 0 Å². The molecule has 0 radical (unpaired) electrons. The lowest BCUT2D eigenvalue weighted by atomic mass is 9.87. The second-order valence-corrected chi connectivity index (χ2v) is 5.61. The molecule has 1 aromatic rings. The zero-order valence-electron chi connectivity index (χ0n) is 13.0. The number of carbonyl (C=O) groups excluding carboxylic acids is 2. The van der Waals surface area contributed by atoms with Gasteiger partial charge in [-0.05, 0) is 26.2 Å². The van der Waals surface area contributed by atoms with E-state index in [2.05, 4.69) is 10.3 Å². The van der Waals surface area contributed by atoms with Gasteiger partial charge in [0.1, 0.15) is 11.6 Å². The largest absolute Gasteiger partial charge is 0.340 e. The molecule has 1 atom stereocenters. The van der Waals surface area contributed by atoms with Crippen LogP contribution in [0.25, 0.3) is 0 Å². The van der Waals surface area contributed by atoms with Gasteiger partial charge in [0.15, 0.2) is 0 Å². The molecule has 0 aromatic carbocycles. The standard InChI is InChI=1S/C15H24N4O2/c1-4-15(5-2)14(21)19(12(3)13(20)17-15)9-6-8-18-10-7-16-11-18/h7,10-12H,4-6,8-9H2,1-3H3,(H,17,20). The molecule has 1 N–H and O–H groups in total. The number of imidazole rings is 1. The van der Waals surface area contributed by atoms with Gasteiger partial charge in [0.05, 0.1) is 6.33 Å². The first-order valence-electron chi connectivity index (χ1n) is 7.63. The first-order valence-corrected chi connectivity index (χ1v) is 7.63. The molecular weight excluding hydrogens is 268 g/mol. The molecule has 0 spiro atoms. The number of aryl methyl sites for hydroxylation is 1. The van der Waals surface area contributed by atoms with Crippen LogP contribution in [-0.4, -0.2) is 44.4 Å². The lowest BCUT2D eigenvalue weighted by Gasteiger charge is -2.44. The highest BCUT2D eigenvalue weighted by molar-refractivity contribution is 5.99. The van der Waals surface area contributed by atoms with Crippen LogP contribution in [-0.2, 0) is 16.1 Å². The first kappa shape index (κ1) is 15.5. The third kappa shape index (κ3) is 2.94. The lowest BCUT2D eigenvalue weighted by molar-refractivity contribution is -0.154. The Morgan fingerprint density at radius 2 is 2.00 bits per heavy atom. The van der Waals surface area contributed by atoms with E-state index in [1.807, 2.05) is 24.6 Å². The molecule has 1 unspecified atom stereocenters. The van der Waals surface area contributed by atoms with E-state index in [1.165, 1.54) is 0 Å². The number of aromatic nitrogens is 2. The smallest absolute Gasteiger partial charge is 0.248 e. The van der Waals surface area contributed by atoms with Crippen molar-refractivity contribution < 1.29 is 9.59 Å². The number of nitrogens with zero attached hydrogens (tertiary/aromatic N) is 3. The van der Waals surface area contributed by atoms with Crippen LogP contribution < -0.4 is 5.32 Å². The second kappa shape index (κ2) is 6.28. The number of carbonyl (C=O) groups is 2. The second-order valence-electron chi connectivity index (χ2n) is 5.61. The molecule has 1 aliphatic heterocycles. The van der Waals surface area contributed by atoms with Crippen LogP contribution in [0.3, 0.4) is 0 Å². The van der Waals surface area contributed by atoms with Gasteiger partial charge in [-0.3, -0.25) is 9.59 Å². The van der Waals surface area contributed by atoms with E-state index in [0.29, 0.717) is 19.4 Å². The maximum Gasteiger partial charge on any atom is 0.248 e. The quantitative estimate of drug-likeness (QED) is 0.856. The number of hydrogen-bond donors (Lipinski definition) is 1. The number of hydrogen-bond acceptors (Lipinski definition) is 3. The van der Waals surface area contributed by atoms with Gasteiger partial charge in [-0.2, -0.15) is 0 Å². The van der Waals surface area contributed by atoms with Crippen LogP contribution in [0.5, 0.6) is 0 Å². The van der Waals surface area contributed by atoms with E-state index in [-0.39, 0.29) is 11.8 Å². The molecule has 1 saturated heterocycles. The summed E-state index contributed by atoms with van der Waals surface area (Å²) in [6, 6.07) is -0.397. The number of rotatable bonds is 6. The fraction of sp³-hybridized carbons (Fsp3) is 0.667. The molecule has 0 bridgehead atoms. The van der Waals surface area contributed by atoms with Crippen molar-refractivity contribution in [1.82, 2.24) is 19.8 Å². The Labute approximate surface area is 125 Å². The Bertz CT molecular complexity index is 494. The van der Waals surface area contributed by atoms with Gasteiger partial charge in [0.2, 0.25) is 11.8 Å². The molecule has 1 aromatic heterocycles. The average Bonchev–Trinajstić information content (AvgIpc) is 3.00. The summed E-state index contributed by atoms with van der Waals surface area (Å²) < 4.78 is 1.98. The van der Waals surface area contributed by atoms with Crippen LogP contribution in [0.1, 0.15) is 40.0 Å². The fourth-order valence-corrected chi connectivity index (χ4v) is 2.85. The molecule has 116 valence electrons. The van der Waals surface area contributed by atoms with Gasteiger partial charge in [0, 0.05) is 25.5 Å². The summed E-state index contributed by atoms with van der Waals surface area (Å²) in [4.78, 5) is 30.6. The molecule has 2 heterocycles. The van der Waals surface area contributed by atoms with E-state index in [1.54, 1.807) is 24.3 Å². The van der Waals surface area contributed by atoms with E-state index < -0.39 is 11.6 Å². The summed E-state index contributed by atoms with van der Waals surface area (Å²) in [7, 11) is 0. The highest BCUT2D eigenvalue weighted by Gasteiger charge is 2.46. The topological polar surface area (TPSA) is 67.2 Å². The van der Waals surface area contributed by atoms with Crippen LogP contribution in [0.4, 0.5) is 0 Å². The van der Waals surface area contributed by atoms with Crippen LogP contribution in [0, 0.1) is 0 Å². The predicted octanol–water partition coefficient (Wildman–Crippen LogP) is 1.18. The van der Waals surface area contributed by atoms with Crippen molar-refractivity contribution in [3.05, 3.63) is 18.7 Å². The summed E-state index contributed by atoms with van der Waals surface area (Å²) in [6.45, 7) is 7.07. The molecule has 1 fully saturated rings. The number of nitrogens with one attached hydrogen (secondary N) is 1. The van der Waals surface area contributed by atoms with Crippen LogP contribution in [0.15, 0.2) is 18.7 Å². The molecule has 6 heteroatoms. The normalized spacial score (nSPS) is 21.5. The Morgan fingerprint density at radius 3 is 2.57 bits per heavy atom.